The molecule has 152 valence electrons. The average Bonchev–Trinajstić information content (AvgIpc) is 3.38. The van der Waals surface area contributed by atoms with Crippen LogP contribution in [0.5, 0.6) is 0 Å². The summed E-state index contributed by atoms with van der Waals surface area (Å²) in [6, 6.07) is 0. The van der Waals surface area contributed by atoms with Crippen molar-refractivity contribution in [3.05, 3.63) is 38.9 Å². The maximum Gasteiger partial charge on any atom is 0.241 e. The lowest BCUT2D eigenvalue weighted by molar-refractivity contribution is -0.116. The van der Waals surface area contributed by atoms with Crippen molar-refractivity contribution in [2.45, 2.75) is 64.7 Å². The maximum atomic E-state index is 12.9. The first-order valence-electron chi connectivity index (χ1n) is 9.43. The number of nitrogens with zero attached hydrogens (tertiary/aromatic N) is 1. The van der Waals surface area contributed by atoms with Crippen molar-refractivity contribution >= 4 is 32.4 Å². The Morgan fingerprint density at radius 2 is 1.64 bits per heavy atom. The molecule has 1 saturated carbocycles. The fourth-order valence-corrected chi connectivity index (χ4v) is 5.77. The maximum absolute atomic E-state index is 12.9. The molecule has 28 heavy (non-hydrogen) atoms. The summed E-state index contributed by atoms with van der Waals surface area (Å²) < 4.78 is 28.3. The highest BCUT2D eigenvalue weighted by molar-refractivity contribution is 7.89. The third-order valence-electron chi connectivity index (χ3n) is 5.61. The van der Waals surface area contributed by atoms with Gasteiger partial charge in [-0.3, -0.25) is 4.79 Å². The first kappa shape index (κ1) is 21.0. The van der Waals surface area contributed by atoms with E-state index in [-0.39, 0.29) is 18.9 Å². The largest absolute Gasteiger partial charge is 0.302 e. The topological polar surface area (TPSA) is 88.2 Å². The molecule has 0 bridgehead atoms. The minimum Gasteiger partial charge on any atom is -0.302 e. The highest BCUT2D eigenvalue weighted by atomic mass is 32.2. The molecule has 0 unspecified atom stereocenters. The Labute approximate surface area is 170 Å². The van der Waals surface area contributed by atoms with Crippen LogP contribution in [0.15, 0.2) is 10.3 Å². The fourth-order valence-electron chi connectivity index (χ4n) is 3.33. The zero-order valence-corrected chi connectivity index (χ0v) is 18.6. The van der Waals surface area contributed by atoms with Crippen LogP contribution in [0.2, 0.25) is 0 Å². The van der Waals surface area contributed by atoms with Crippen molar-refractivity contribution in [3.8, 4) is 0 Å². The monoisotopic (exact) mass is 421 g/mol. The Balaban J connectivity index is 1.62. The summed E-state index contributed by atoms with van der Waals surface area (Å²) in [6.45, 7) is 9.58. The van der Waals surface area contributed by atoms with E-state index < -0.39 is 10.0 Å². The number of nitrogens with one attached hydrogen (secondary N) is 2. The molecule has 0 atom stereocenters. The van der Waals surface area contributed by atoms with Crippen LogP contribution in [0.1, 0.15) is 58.7 Å². The van der Waals surface area contributed by atoms with E-state index in [0.29, 0.717) is 15.9 Å². The zero-order valence-electron chi connectivity index (χ0n) is 17.0. The Morgan fingerprint density at radius 1 is 1.07 bits per heavy atom. The molecule has 1 aromatic carbocycles. The summed E-state index contributed by atoms with van der Waals surface area (Å²) in [4.78, 5) is 16.9. The number of amides is 1. The molecule has 3 rings (SSSR count). The van der Waals surface area contributed by atoms with Gasteiger partial charge in [0.25, 0.3) is 0 Å². The lowest BCUT2D eigenvalue weighted by Crippen LogP contribution is -2.29. The van der Waals surface area contributed by atoms with Gasteiger partial charge in [-0.15, -0.1) is 11.3 Å². The van der Waals surface area contributed by atoms with Crippen molar-refractivity contribution in [1.29, 1.82) is 0 Å². The number of hydrogen-bond acceptors (Lipinski definition) is 5. The predicted molar refractivity (Wildman–Crippen MR) is 113 cm³/mol. The van der Waals surface area contributed by atoms with E-state index in [4.69, 9.17) is 0 Å². The van der Waals surface area contributed by atoms with Crippen LogP contribution < -0.4 is 10.0 Å². The van der Waals surface area contributed by atoms with E-state index in [1.54, 1.807) is 0 Å². The third kappa shape index (κ3) is 4.29. The standard InChI is InChI=1S/C20H27N3O3S2/c1-11-12(2)14(4)19(15(5)13(11)3)28(25,26)21-9-8-18(24)23-20-22-17(10-27-20)16-6-7-16/h10,16,21H,6-9H2,1-5H3,(H,22,23,24). The predicted octanol–water partition coefficient (Wildman–Crippen LogP) is 3.87. The van der Waals surface area contributed by atoms with Crippen LogP contribution in [-0.2, 0) is 14.8 Å². The molecule has 2 aromatic rings. The number of rotatable bonds is 7. The molecule has 1 heterocycles. The minimum atomic E-state index is -3.69. The van der Waals surface area contributed by atoms with E-state index in [2.05, 4.69) is 15.0 Å². The lowest BCUT2D eigenvalue weighted by atomic mass is 9.95. The second kappa shape index (κ2) is 7.93. The molecule has 1 aliphatic rings. The molecule has 2 N–H and O–H groups in total. The first-order valence-corrected chi connectivity index (χ1v) is 11.8. The van der Waals surface area contributed by atoms with E-state index in [1.165, 1.54) is 11.3 Å². The Bertz CT molecular complexity index is 993. The van der Waals surface area contributed by atoms with Gasteiger partial charge >= 0.3 is 0 Å². The summed E-state index contributed by atoms with van der Waals surface area (Å²) in [6.07, 6.45) is 2.38. The van der Waals surface area contributed by atoms with Crippen LogP contribution in [0.3, 0.4) is 0 Å². The van der Waals surface area contributed by atoms with E-state index in [0.717, 1.165) is 46.4 Å². The number of carbonyl (C=O) groups is 1. The highest BCUT2D eigenvalue weighted by Crippen LogP contribution is 2.40. The molecule has 1 amide bonds. The number of benzene rings is 1. The minimum absolute atomic E-state index is 0.0415. The SMILES string of the molecule is Cc1c(C)c(C)c(S(=O)(=O)NCCC(=O)Nc2nc(C3CC3)cs2)c(C)c1C. The van der Waals surface area contributed by atoms with E-state index >= 15 is 0 Å². The van der Waals surface area contributed by atoms with Crippen LogP contribution in [0.25, 0.3) is 0 Å². The van der Waals surface area contributed by atoms with Crippen molar-refractivity contribution in [2.75, 3.05) is 11.9 Å². The summed E-state index contributed by atoms with van der Waals surface area (Å²) in [5.74, 6) is 0.297. The van der Waals surface area contributed by atoms with Gasteiger partial charge in [-0.25, -0.2) is 18.1 Å². The molecule has 1 fully saturated rings. The number of thiazole rings is 1. The van der Waals surface area contributed by atoms with Gasteiger partial charge in [0.15, 0.2) is 5.13 Å². The average molecular weight is 422 g/mol. The van der Waals surface area contributed by atoms with Crippen LogP contribution >= 0.6 is 11.3 Å². The molecule has 0 spiro atoms. The normalized spacial score (nSPS) is 14.3. The van der Waals surface area contributed by atoms with Gasteiger partial charge < -0.3 is 5.32 Å². The third-order valence-corrected chi connectivity index (χ3v) is 8.12. The number of hydrogen-bond donors (Lipinski definition) is 2. The summed E-state index contributed by atoms with van der Waals surface area (Å²) in [5, 5.41) is 5.30. The summed E-state index contributed by atoms with van der Waals surface area (Å²) in [5.41, 5.74) is 5.63. The molecule has 8 heteroatoms. The van der Waals surface area contributed by atoms with Crippen molar-refractivity contribution in [1.82, 2.24) is 9.71 Å². The van der Waals surface area contributed by atoms with Crippen molar-refractivity contribution < 1.29 is 13.2 Å². The zero-order chi connectivity index (χ0) is 20.6. The smallest absolute Gasteiger partial charge is 0.241 e. The molecule has 0 aliphatic heterocycles. The van der Waals surface area contributed by atoms with Gasteiger partial charge in [-0.2, -0.15) is 0 Å². The molecule has 1 aromatic heterocycles. The van der Waals surface area contributed by atoms with Crippen LogP contribution in [0.4, 0.5) is 5.13 Å². The Hall–Kier alpha value is -1.77. The van der Waals surface area contributed by atoms with E-state index in [9.17, 15) is 13.2 Å². The first-order chi connectivity index (χ1) is 13.1. The molecule has 0 saturated heterocycles. The highest BCUT2D eigenvalue weighted by Gasteiger charge is 2.26. The molecule has 0 radical (unpaired) electrons. The van der Waals surface area contributed by atoms with Gasteiger partial charge in [0.2, 0.25) is 15.9 Å². The molecule has 1 aliphatic carbocycles. The van der Waals surface area contributed by atoms with Crippen molar-refractivity contribution in [2.24, 2.45) is 0 Å². The number of carbonyl (C=O) groups excluding carboxylic acids is 1. The summed E-state index contributed by atoms with van der Waals surface area (Å²) >= 11 is 1.41. The lowest BCUT2D eigenvalue weighted by Gasteiger charge is -2.19. The van der Waals surface area contributed by atoms with Crippen LogP contribution in [0, 0.1) is 34.6 Å². The van der Waals surface area contributed by atoms with Crippen LogP contribution in [-0.4, -0.2) is 25.9 Å². The van der Waals surface area contributed by atoms with Gasteiger partial charge in [0.1, 0.15) is 0 Å². The number of aromatic nitrogens is 1. The van der Waals surface area contributed by atoms with E-state index in [1.807, 2.05) is 40.0 Å². The molecular weight excluding hydrogens is 394 g/mol. The molecular formula is C20H27N3O3S2. The fraction of sp³-hybridized carbons (Fsp3) is 0.500. The van der Waals surface area contributed by atoms with Gasteiger partial charge in [0.05, 0.1) is 10.6 Å². The second-order valence-electron chi connectivity index (χ2n) is 7.50. The Morgan fingerprint density at radius 3 is 2.21 bits per heavy atom. The van der Waals surface area contributed by atoms with Gasteiger partial charge in [-0.1, -0.05) is 0 Å². The quantitative estimate of drug-likeness (QED) is 0.710. The second-order valence-corrected chi connectivity index (χ2v) is 10.1. The van der Waals surface area contributed by atoms with Gasteiger partial charge in [0, 0.05) is 24.3 Å². The number of anilines is 1. The van der Waals surface area contributed by atoms with Gasteiger partial charge in [-0.05, 0) is 75.3 Å². The molecule has 6 nitrogen and oxygen atoms in total. The Kier molecular flexibility index (Phi) is 5.93. The number of sulfonamides is 1. The summed E-state index contributed by atoms with van der Waals surface area (Å²) in [7, 11) is -3.69. The van der Waals surface area contributed by atoms with Crippen molar-refractivity contribution in [3.63, 3.8) is 0 Å².